The SMILES string of the molecule is COc1cccc(/C=C/C(=O)O)c1OCc1ccc(Cl)cc1Cl. The van der Waals surface area contributed by atoms with Crippen LogP contribution in [-0.4, -0.2) is 18.2 Å². The van der Waals surface area contributed by atoms with Crippen LogP contribution in [0.4, 0.5) is 0 Å². The van der Waals surface area contributed by atoms with E-state index in [-0.39, 0.29) is 6.61 Å². The summed E-state index contributed by atoms with van der Waals surface area (Å²) in [6, 6.07) is 10.3. The number of hydrogen-bond acceptors (Lipinski definition) is 3. The van der Waals surface area contributed by atoms with Gasteiger partial charge in [0.05, 0.1) is 7.11 Å². The lowest BCUT2D eigenvalue weighted by atomic mass is 10.1. The first-order valence-electron chi connectivity index (χ1n) is 6.66. The van der Waals surface area contributed by atoms with E-state index in [9.17, 15) is 4.79 Å². The summed E-state index contributed by atoms with van der Waals surface area (Å²) in [6.07, 6.45) is 2.49. The lowest BCUT2D eigenvalue weighted by Crippen LogP contribution is -2.00. The Hall–Kier alpha value is -2.17. The maximum Gasteiger partial charge on any atom is 0.328 e. The smallest absolute Gasteiger partial charge is 0.328 e. The van der Waals surface area contributed by atoms with Crippen LogP contribution in [0.25, 0.3) is 6.08 Å². The second-order valence-corrected chi connectivity index (χ2v) is 5.42. The molecule has 0 atom stereocenters. The van der Waals surface area contributed by atoms with Gasteiger partial charge in [0.15, 0.2) is 11.5 Å². The Morgan fingerprint density at radius 1 is 1.26 bits per heavy atom. The van der Waals surface area contributed by atoms with Crippen LogP contribution in [0.5, 0.6) is 11.5 Å². The predicted octanol–water partition coefficient (Wildman–Crippen LogP) is 4.68. The largest absolute Gasteiger partial charge is 0.493 e. The molecular weight excluding hydrogens is 339 g/mol. The van der Waals surface area contributed by atoms with Crippen LogP contribution in [0, 0.1) is 0 Å². The van der Waals surface area contributed by atoms with Gasteiger partial charge in [-0.1, -0.05) is 41.4 Å². The average Bonchev–Trinajstić information content (AvgIpc) is 2.52. The van der Waals surface area contributed by atoms with Crippen molar-refractivity contribution >= 4 is 35.2 Å². The lowest BCUT2D eigenvalue weighted by Gasteiger charge is -2.14. The fourth-order valence-electron chi connectivity index (χ4n) is 1.93. The second-order valence-electron chi connectivity index (χ2n) is 4.57. The number of carbonyl (C=O) groups is 1. The van der Waals surface area contributed by atoms with Crippen molar-refractivity contribution in [1.29, 1.82) is 0 Å². The molecule has 0 saturated heterocycles. The maximum absolute atomic E-state index is 10.7. The second kappa shape index (κ2) is 7.90. The molecule has 0 aliphatic heterocycles. The van der Waals surface area contributed by atoms with Crippen molar-refractivity contribution in [3.8, 4) is 11.5 Å². The Morgan fingerprint density at radius 2 is 2.04 bits per heavy atom. The van der Waals surface area contributed by atoms with Crippen LogP contribution in [0.1, 0.15) is 11.1 Å². The molecule has 0 spiro atoms. The Labute approximate surface area is 143 Å². The lowest BCUT2D eigenvalue weighted by molar-refractivity contribution is -0.131. The van der Waals surface area contributed by atoms with Crippen LogP contribution >= 0.6 is 23.2 Å². The standard InChI is InChI=1S/C17H14Cl2O4/c1-22-15-4-2-3-11(6-8-16(20)21)17(15)23-10-12-5-7-13(18)9-14(12)19/h2-9H,10H2,1H3,(H,20,21)/b8-6+. The minimum atomic E-state index is -1.04. The van der Waals surface area contributed by atoms with Gasteiger partial charge in [0.1, 0.15) is 6.61 Å². The molecule has 0 fully saturated rings. The zero-order chi connectivity index (χ0) is 16.8. The van der Waals surface area contributed by atoms with Gasteiger partial charge in [-0.2, -0.15) is 0 Å². The fraction of sp³-hybridized carbons (Fsp3) is 0.118. The molecule has 0 amide bonds. The highest BCUT2D eigenvalue weighted by molar-refractivity contribution is 6.35. The summed E-state index contributed by atoms with van der Waals surface area (Å²) < 4.78 is 11.1. The highest BCUT2D eigenvalue weighted by Gasteiger charge is 2.10. The van der Waals surface area contributed by atoms with Crippen LogP contribution in [-0.2, 0) is 11.4 Å². The minimum Gasteiger partial charge on any atom is -0.493 e. The summed E-state index contributed by atoms with van der Waals surface area (Å²) in [5.74, 6) is -0.0966. The molecule has 0 unspecified atom stereocenters. The van der Waals surface area contributed by atoms with E-state index in [1.807, 2.05) is 0 Å². The average molecular weight is 353 g/mol. The fourth-order valence-corrected chi connectivity index (χ4v) is 2.39. The van der Waals surface area contributed by atoms with E-state index in [1.54, 1.807) is 36.4 Å². The van der Waals surface area contributed by atoms with Gasteiger partial charge in [-0.3, -0.25) is 0 Å². The molecule has 0 bridgehead atoms. The third kappa shape index (κ3) is 4.65. The Bertz CT molecular complexity index is 741. The van der Waals surface area contributed by atoms with Gasteiger partial charge in [0.25, 0.3) is 0 Å². The van der Waals surface area contributed by atoms with E-state index in [2.05, 4.69) is 0 Å². The zero-order valence-corrected chi connectivity index (χ0v) is 13.8. The molecule has 2 aromatic carbocycles. The highest BCUT2D eigenvalue weighted by Crippen LogP contribution is 2.33. The van der Waals surface area contributed by atoms with Crippen LogP contribution in [0.15, 0.2) is 42.5 Å². The molecule has 23 heavy (non-hydrogen) atoms. The van der Waals surface area contributed by atoms with Gasteiger partial charge < -0.3 is 14.6 Å². The molecule has 4 nitrogen and oxygen atoms in total. The van der Waals surface area contributed by atoms with E-state index in [4.69, 9.17) is 37.8 Å². The van der Waals surface area contributed by atoms with Crippen LogP contribution < -0.4 is 9.47 Å². The van der Waals surface area contributed by atoms with Gasteiger partial charge in [-0.05, 0) is 24.3 Å². The third-order valence-electron chi connectivity index (χ3n) is 3.02. The van der Waals surface area contributed by atoms with Crippen molar-refractivity contribution in [2.24, 2.45) is 0 Å². The van der Waals surface area contributed by atoms with Crippen LogP contribution in [0.2, 0.25) is 10.0 Å². The van der Waals surface area contributed by atoms with E-state index in [1.165, 1.54) is 13.2 Å². The molecule has 0 aliphatic carbocycles. The number of hydrogen-bond donors (Lipinski definition) is 1. The molecule has 0 radical (unpaired) electrons. The topological polar surface area (TPSA) is 55.8 Å². The number of rotatable bonds is 6. The van der Waals surface area contributed by atoms with Gasteiger partial charge in [0, 0.05) is 27.2 Å². The first-order chi connectivity index (χ1) is 11.0. The number of halogens is 2. The molecular formula is C17H14Cl2O4. The first kappa shape index (κ1) is 17.2. The summed E-state index contributed by atoms with van der Waals surface area (Å²) in [5, 5.41) is 9.81. The number of ether oxygens (including phenoxy) is 2. The maximum atomic E-state index is 10.7. The number of methoxy groups -OCH3 is 1. The molecule has 120 valence electrons. The van der Waals surface area contributed by atoms with Crippen molar-refractivity contribution in [1.82, 2.24) is 0 Å². The summed E-state index contributed by atoms with van der Waals surface area (Å²) in [5.41, 5.74) is 1.35. The summed E-state index contributed by atoms with van der Waals surface area (Å²) in [4.78, 5) is 10.7. The van der Waals surface area contributed by atoms with Crippen molar-refractivity contribution in [3.05, 3.63) is 63.6 Å². The van der Waals surface area contributed by atoms with Gasteiger partial charge >= 0.3 is 5.97 Å². The molecule has 2 rings (SSSR count). The van der Waals surface area contributed by atoms with Gasteiger partial charge in [0.2, 0.25) is 0 Å². The quantitative estimate of drug-likeness (QED) is 0.767. The molecule has 0 heterocycles. The van der Waals surface area contributed by atoms with E-state index in [0.29, 0.717) is 27.1 Å². The Morgan fingerprint density at radius 3 is 2.70 bits per heavy atom. The predicted molar refractivity (Wildman–Crippen MR) is 90.5 cm³/mol. The van der Waals surface area contributed by atoms with Crippen molar-refractivity contribution in [3.63, 3.8) is 0 Å². The van der Waals surface area contributed by atoms with Gasteiger partial charge in [-0.25, -0.2) is 4.79 Å². The van der Waals surface area contributed by atoms with Crippen molar-refractivity contribution in [2.45, 2.75) is 6.61 Å². The van der Waals surface area contributed by atoms with E-state index >= 15 is 0 Å². The molecule has 0 aliphatic rings. The Kier molecular flexibility index (Phi) is 5.90. The highest BCUT2D eigenvalue weighted by atomic mass is 35.5. The van der Waals surface area contributed by atoms with Crippen molar-refractivity contribution < 1.29 is 19.4 Å². The summed E-state index contributed by atoms with van der Waals surface area (Å²) in [6.45, 7) is 0.199. The number of carboxylic acid groups (broad SMARTS) is 1. The van der Waals surface area contributed by atoms with E-state index in [0.717, 1.165) is 11.6 Å². The normalized spacial score (nSPS) is 10.7. The first-order valence-corrected chi connectivity index (χ1v) is 7.41. The monoisotopic (exact) mass is 352 g/mol. The Balaban J connectivity index is 2.28. The van der Waals surface area contributed by atoms with Gasteiger partial charge in [-0.15, -0.1) is 0 Å². The summed E-state index contributed by atoms with van der Waals surface area (Å²) >= 11 is 12.0. The van der Waals surface area contributed by atoms with Crippen molar-refractivity contribution in [2.75, 3.05) is 7.11 Å². The molecule has 1 N–H and O–H groups in total. The molecule has 0 saturated carbocycles. The van der Waals surface area contributed by atoms with E-state index < -0.39 is 5.97 Å². The number of carboxylic acids is 1. The number of aliphatic carboxylic acids is 1. The third-order valence-corrected chi connectivity index (χ3v) is 3.61. The molecule has 2 aromatic rings. The molecule has 6 heteroatoms. The summed E-state index contributed by atoms with van der Waals surface area (Å²) in [7, 11) is 1.52. The van der Waals surface area contributed by atoms with Crippen LogP contribution in [0.3, 0.4) is 0 Å². The number of para-hydroxylation sites is 1. The minimum absolute atomic E-state index is 0.199. The zero-order valence-electron chi connectivity index (χ0n) is 12.3. The molecule has 0 aromatic heterocycles. The number of benzene rings is 2.